The third-order valence-electron chi connectivity index (χ3n) is 5.35. The second kappa shape index (κ2) is 13.0. The maximum absolute atomic E-state index is 12.7. The molecule has 0 N–H and O–H groups in total. The minimum absolute atomic E-state index is 0.0555. The van der Waals surface area contributed by atoms with E-state index in [-0.39, 0.29) is 23.7 Å². The average molecular weight is 437 g/mol. The van der Waals surface area contributed by atoms with Crippen LogP contribution in [-0.4, -0.2) is 35.6 Å². The van der Waals surface area contributed by atoms with Gasteiger partial charge in [0.05, 0.1) is 0 Å². The van der Waals surface area contributed by atoms with Gasteiger partial charge in [-0.1, -0.05) is 40.0 Å². The van der Waals surface area contributed by atoms with Gasteiger partial charge in [0.15, 0.2) is 11.4 Å². The lowest BCUT2D eigenvalue weighted by molar-refractivity contribution is 0.444. The van der Waals surface area contributed by atoms with Crippen LogP contribution in [0.25, 0.3) is 0 Å². The Hall–Kier alpha value is -1.60. The molecule has 0 saturated carbocycles. The molecule has 1 rings (SSSR count). The summed E-state index contributed by atoms with van der Waals surface area (Å²) in [5.74, 6) is 0.298. The number of nitriles is 1. The first-order chi connectivity index (χ1) is 14.2. The van der Waals surface area contributed by atoms with E-state index in [2.05, 4.69) is 25.8 Å². The van der Waals surface area contributed by atoms with Crippen LogP contribution in [0, 0.1) is 11.3 Å². The van der Waals surface area contributed by atoms with Crippen LogP contribution in [0.15, 0.2) is 14.0 Å². The highest BCUT2D eigenvalue weighted by molar-refractivity contribution is 7.66. The van der Waals surface area contributed by atoms with Gasteiger partial charge >= 0.3 is 11.6 Å². The molecule has 0 amide bonds. The highest BCUT2D eigenvalue weighted by Gasteiger charge is 2.25. The fourth-order valence-electron chi connectivity index (χ4n) is 3.75. The molecule has 1 aromatic rings. The van der Waals surface area contributed by atoms with E-state index in [1.165, 1.54) is 0 Å². The van der Waals surface area contributed by atoms with E-state index in [1.807, 2.05) is 38.7 Å². The molecule has 0 fully saturated rings. The lowest BCUT2D eigenvalue weighted by atomic mass is 10.2. The molecule has 0 radical (unpaired) electrons. The molecule has 0 aliphatic carbocycles. The summed E-state index contributed by atoms with van der Waals surface area (Å²) in [6.07, 6.45) is 9.87. The number of hydrogen-bond donors (Lipinski definition) is 0. The van der Waals surface area contributed by atoms with Crippen LogP contribution < -0.4 is 10.5 Å². The molecular formula is C23H41N4O2P. The van der Waals surface area contributed by atoms with Gasteiger partial charge in [-0.05, 0) is 72.5 Å². The van der Waals surface area contributed by atoms with Crippen molar-refractivity contribution in [3.63, 3.8) is 0 Å². The molecule has 0 atom stereocenters. The fourth-order valence-corrected chi connectivity index (χ4v) is 7.99. The lowest BCUT2D eigenvalue weighted by Crippen LogP contribution is -2.38. The Bertz CT molecular complexity index is 772. The number of anilines is 1. The SMILES string of the molecule is CCCCP(CCCC)(CCCC)=Nc1nc(N(C(C)C)C(C)C)oc(=O)c1C#N. The summed E-state index contributed by atoms with van der Waals surface area (Å²) in [5.41, 5.74) is -0.688. The van der Waals surface area contributed by atoms with E-state index in [4.69, 9.17) is 9.16 Å². The van der Waals surface area contributed by atoms with Gasteiger partial charge in [-0.2, -0.15) is 10.2 Å². The largest absolute Gasteiger partial charge is 0.388 e. The van der Waals surface area contributed by atoms with Crippen LogP contribution in [0.4, 0.5) is 11.8 Å². The van der Waals surface area contributed by atoms with Crippen molar-refractivity contribution in [2.24, 2.45) is 4.74 Å². The molecule has 0 aliphatic rings. The first-order valence-electron chi connectivity index (χ1n) is 11.6. The molecule has 0 bridgehead atoms. The van der Waals surface area contributed by atoms with Crippen LogP contribution in [0.3, 0.4) is 0 Å². The van der Waals surface area contributed by atoms with E-state index in [0.29, 0.717) is 5.82 Å². The van der Waals surface area contributed by atoms with E-state index < -0.39 is 12.7 Å². The van der Waals surface area contributed by atoms with Crippen LogP contribution in [-0.2, 0) is 0 Å². The number of hydrogen-bond acceptors (Lipinski definition) is 6. The zero-order valence-corrected chi connectivity index (χ0v) is 21.0. The summed E-state index contributed by atoms with van der Waals surface area (Å²) in [5, 5.41) is 9.66. The smallest absolute Gasteiger partial charge is 0.360 e. The van der Waals surface area contributed by atoms with Crippen molar-refractivity contribution in [2.45, 2.75) is 99.1 Å². The van der Waals surface area contributed by atoms with E-state index in [0.717, 1.165) is 57.0 Å². The molecule has 170 valence electrons. The van der Waals surface area contributed by atoms with Crippen molar-refractivity contribution in [3.8, 4) is 6.07 Å². The van der Waals surface area contributed by atoms with E-state index >= 15 is 0 Å². The van der Waals surface area contributed by atoms with Gasteiger partial charge in [0.2, 0.25) is 0 Å². The predicted molar refractivity (Wildman–Crippen MR) is 129 cm³/mol. The standard InChI is InChI=1S/C23H41N4O2P/c1-8-11-14-30(15-12-9-2,16-13-10-3)26-21-20(17-24)22(28)29-23(25-21)27(18(4)5)19(6)7/h18-19H,8-16H2,1-7H3. The zero-order chi connectivity index (χ0) is 22.7. The maximum atomic E-state index is 12.7. The number of aromatic nitrogens is 1. The van der Waals surface area contributed by atoms with Crippen LogP contribution >= 0.6 is 7.05 Å². The second-order valence-corrected chi connectivity index (χ2v) is 12.3. The van der Waals surface area contributed by atoms with Crippen LogP contribution in [0.5, 0.6) is 0 Å². The van der Waals surface area contributed by atoms with Gasteiger partial charge in [-0.15, -0.1) is 0 Å². The normalized spacial score (nSPS) is 11.7. The monoisotopic (exact) mass is 436 g/mol. The summed E-state index contributed by atoms with van der Waals surface area (Å²) < 4.78 is 10.7. The fraction of sp³-hybridized carbons (Fsp3) is 0.783. The summed E-state index contributed by atoms with van der Waals surface area (Å²) in [4.78, 5) is 19.3. The number of rotatable bonds is 13. The van der Waals surface area contributed by atoms with Crippen molar-refractivity contribution < 1.29 is 4.42 Å². The van der Waals surface area contributed by atoms with Gasteiger partial charge in [-0.25, -0.2) is 9.54 Å². The Labute approximate surface area is 183 Å². The van der Waals surface area contributed by atoms with Gasteiger partial charge in [0.1, 0.15) is 6.07 Å². The minimum atomic E-state index is -1.71. The Morgan fingerprint density at radius 1 is 1.00 bits per heavy atom. The summed E-state index contributed by atoms with van der Waals surface area (Å²) in [6, 6.07) is 2.51. The Morgan fingerprint density at radius 3 is 1.83 bits per heavy atom. The number of nitrogens with zero attached hydrogens (tertiary/aromatic N) is 4. The highest BCUT2D eigenvalue weighted by Crippen LogP contribution is 2.54. The average Bonchev–Trinajstić information content (AvgIpc) is 2.68. The molecule has 6 nitrogen and oxygen atoms in total. The topological polar surface area (TPSA) is 82.5 Å². The second-order valence-electron chi connectivity index (χ2n) is 8.62. The van der Waals surface area contributed by atoms with Crippen molar-refractivity contribution in [2.75, 3.05) is 23.4 Å². The molecule has 0 saturated heterocycles. The Balaban J connectivity index is 3.73. The third-order valence-corrected chi connectivity index (χ3v) is 9.41. The summed E-state index contributed by atoms with van der Waals surface area (Å²) >= 11 is 0. The molecule has 1 aromatic heterocycles. The molecular weight excluding hydrogens is 395 g/mol. The lowest BCUT2D eigenvalue weighted by Gasteiger charge is -2.30. The molecule has 0 spiro atoms. The quantitative estimate of drug-likeness (QED) is 0.319. The third kappa shape index (κ3) is 7.27. The van der Waals surface area contributed by atoms with Crippen LogP contribution in [0.1, 0.15) is 92.6 Å². The highest BCUT2D eigenvalue weighted by atomic mass is 31.2. The first-order valence-corrected chi connectivity index (χ1v) is 13.9. The first kappa shape index (κ1) is 26.4. The van der Waals surface area contributed by atoms with Gasteiger partial charge in [0.25, 0.3) is 0 Å². The Morgan fingerprint density at radius 2 is 1.47 bits per heavy atom. The zero-order valence-electron chi connectivity index (χ0n) is 20.1. The summed E-state index contributed by atoms with van der Waals surface area (Å²) in [7, 11) is -1.71. The molecule has 0 aliphatic heterocycles. The molecule has 30 heavy (non-hydrogen) atoms. The minimum Gasteiger partial charge on any atom is -0.388 e. The number of unbranched alkanes of at least 4 members (excludes halogenated alkanes) is 3. The van der Waals surface area contributed by atoms with Crippen LogP contribution in [0.2, 0.25) is 0 Å². The van der Waals surface area contributed by atoms with Gasteiger partial charge < -0.3 is 9.32 Å². The van der Waals surface area contributed by atoms with Gasteiger partial charge in [0, 0.05) is 12.1 Å². The molecule has 1 heterocycles. The molecule has 0 unspecified atom stereocenters. The summed E-state index contributed by atoms with van der Waals surface area (Å²) in [6.45, 7) is 14.8. The maximum Gasteiger partial charge on any atom is 0.360 e. The van der Waals surface area contributed by atoms with Crippen molar-refractivity contribution in [1.29, 1.82) is 5.26 Å². The van der Waals surface area contributed by atoms with E-state index in [1.54, 1.807) is 0 Å². The molecule has 7 heteroatoms. The molecule has 0 aromatic carbocycles. The Kier molecular flexibility index (Phi) is 11.4. The van der Waals surface area contributed by atoms with E-state index in [9.17, 15) is 10.1 Å². The predicted octanol–water partition coefficient (Wildman–Crippen LogP) is 6.76. The van der Waals surface area contributed by atoms with Crippen molar-refractivity contribution in [3.05, 3.63) is 16.0 Å². The van der Waals surface area contributed by atoms with Crippen molar-refractivity contribution >= 4 is 18.9 Å². The van der Waals surface area contributed by atoms with Gasteiger partial charge in [-0.3, -0.25) is 0 Å². The van der Waals surface area contributed by atoms with Crippen molar-refractivity contribution in [1.82, 2.24) is 4.98 Å².